The second-order valence-electron chi connectivity index (χ2n) is 10.2. The molecule has 0 saturated heterocycles. The van der Waals surface area contributed by atoms with E-state index in [1.807, 2.05) is 49.5 Å². The molecule has 14 nitrogen and oxygen atoms in total. The average Bonchev–Trinajstić information content (AvgIpc) is 3.52. The van der Waals surface area contributed by atoms with Crippen molar-refractivity contribution < 1.29 is 48.5 Å². The molecule has 1 atom stereocenters. The molecule has 0 fully saturated rings. The van der Waals surface area contributed by atoms with E-state index in [4.69, 9.17) is 29.2 Å². The fourth-order valence-corrected chi connectivity index (χ4v) is 5.85. The lowest BCUT2D eigenvalue weighted by molar-refractivity contribution is -0.384. The number of ether oxygens (including phenoxy) is 4. The number of carboxylic acids is 2. The number of nitro benzene ring substituents is 1. The molecule has 2 N–H and O–H groups in total. The van der Waals surface area contributed by atoms with Crippen LogP contribution in [-0.2, 0) is 14.4 Å². The third-order valence-corrected chi connectivity index (χ3v) is 8.20. The van der Waals surface area contributed by atoms with Crippen LogP contribution in [0.5, 0.6) is 23.0 Å². The summed E-state index contributed by atoms with van der Waals surface area (Å²) in [6.45, 7) is 2.62. The zero-order valence-corrected chi connectivity index (χ0v) is 26.4. The maximum atomic E-state index is 13.2. The van der Waals surface area contributed by atoms with Gasteiger partial charge >= 0.3 is 11.9 Å². The summed E-state index contributed by atoms with van der Waals surface area (Å²) in [6.07, 6.45) is 1.84. The molecule has 1 amide bonds. The van der Waals surface area contributed by atoms with Crippen molar-refractivity contribution in [3.63, 3.8) is 0 Å². The van der Waals surface area contributed by atoms with Crippen LogP contribution in [0.2, 0.25) is 0 Å². The molecule has 2 aliphatic rings. The summed E-state index contributed by atoms with van der Waals surface area (Å²) in [6, 6.07) is 17.6. The first kappa shape index (κ1) is 34.6. The Morgan fingerprint density at radius 1 is 1.02 bits per heavy atom. The van der Waals surface area contributed by atoms with Crippen LogP contribution in [0.4, 0.5) is 11.4 Å². The molecule has 2 aliphatic heterocycles. The second kappa shape index (κ2) is 16.3. The molecular formula is C32H33N3O11S. The number of thioether (sulfide) groups is 1. The summed E-state index contributed by atoms with van der Waals surface area (Å²) in [5, 5.41) is 26.5. The highest BCUT2D eigenvalue weighted by Crippen LogP contribution is 2.48. The van der Waals surface area contributed by atoms with Gasteiger partial charge in [0.1, 0.15) is 23.4 Å². The van der Waals surface area contributed by atoms with Crippen molar-refractivity contribution in [2.24, 2.45) is 0 Å². The van der Waals surface area contributed by atoms with E-state index in [1.54, 1.807) is 18.0 Å². The Hall–Kier alpha value is -5.28. The van der Waals surface area contributed by atoms with Gasteiger partial charge in [-0.3, -0.25) is 14.9 Å². The topological polar surface area (TPSA) is 178 Å². The van der Waals surface area contributed by atoms with Gasteiger partial charge in [-0.05, 0) is 43.8 Å². The van der Waals surface area contributed by atoms with Crippen LogP contribution < -0.4 is 23.8 Å². The van der Waals surface area contributed by atoms with Crippen LogP contribution >= 0.6 is 11.8 Å². The SMILES string of the molecule is CN(CCCOc1ccc([N+](=O)[O-])cc1C1Sc2ccccc2N(C)C1=O)CCOc1ccc2c(c1)OCO2.O=C(O)/C=C/C(=O)O. The number of rotatable bonds is 13. The average molecular weight is 668 g/mol. The molecular weight excluding hydrogens is 634 g/mol. The van der Waals surface area contributed by atoms with Gasteiger partial charge in [-0.25, -0.2) is 9.59 Å². The molecule has 3 aromatic carbocycles. The van der Waals surface area contributed by atoms with E-state index >= 15 is 0 Å². The van der Waals surface area contributed by atoms with E-state index < -0.39 is 22.1 Å². The number of nitrogens with zero attached hydrogens (tertiary/aromatic N) is 3. The third-order valence-electron chi connectivity index (χ3n) is 6.91. The van der Waals surface area contributed by atoms with E-state index in [0.717, 1.165) is 41.6 Å². The van der Waals surface area contributed by atoms with E-state index in [0.29, 0.717) is 42.4 Å². The van der Waals surface area contributed by atoms with Crippen molar-refractivity contribution in [2.45, 2.75) is 16.6 Å². The first-order valence-corrected chi connectivity index (χ1v) is 15.2. The van der Waals surface area contributed by atoms with Crippen LogP contribution in [0.3, 0.4) is 0 Å². The van der Waals surface area contributed by atoms with Gasteiger partial charge in [-0.1, -0.05) is 12.1 Å². The number of hydrogen-bond acceptors (Lipinski definition) is 11. The van der Waals surface area contributed by atoms with Crippen molar-refractivity contribution >= 4 is 41.0 Å². The molecule has 3 aromatic rings. The van der Waals surface area contributed by atoms with Gasteiger partial charge in [-0.15, -0.1) is 11.8 Å². The van der Waals surface area contributed by atoms with Gasteiger partial charge in [0.25, 0.3) is 5.69 Å². The summed E-state index contributed by atoms with van der Waals surface area (Å²) in [5.41, 5.74) is 1.25. The molecule has 0 aromatic heterocycles. The maximum absolute atomic E-state index is 13.2. The summed E-state index contributed by atoms with van der Waals surface area (Å²) < 4.78 is 22.6. The minimum Gasteiger partial charge on any atom is -0.493 e. The van der Waals surface area contributed by atoms with Crippen LogP contribution in [0.1, 0.15) is 17.2 Å². The molecule has 0 bridgehead atoms. The molecule has 0 spiro atoms. The quantitative estimate of drug-likeness (QED) is 0.112. The van der Waals surface area contributed by atoms with Crippen LogP contribution in [0, 0.1) is 10.1 Å². The molecule has 0 radical (unpaired) electrons. The summed E-state index contributed by atoms with van der Waals surface area (Å²) >= 11 is 1.38. The van der Waals surface area contributed by atoms with Gasteiger partial charge in [0, 0.05) is 60.9 Å². The van der Waals surface area contributed by atoms with Crippen molar-refractivity contribution in [1.82, 2.24) is 4.90 Å². The monoisotopic (exact) mass is 667 g/mol. The molecule has 0 aliphatic carbocycles. The zero-order chi connectivity index (χ0) is 33.9. The molecule has 1 unspecified atom stereocenters. The number of hydrogen-bond donors (Lipinski definition) is 2. The third kappa shape index (κ3) is 9.61. The van der Waals surface area contributed by atoms with Crippen molar-refractivity contribution in [3.8, 4) is 23.0 Å². The number of anilines is 1. The Balaban J connectivity index is 0.000000555. The predicted molar refractivity (Wildman–Crippen MR) is 172 cm³/mol. The number of para-hydroxylation sites is 1. The summed E-state index contributed by atoms with van der Waals surface area (Å²) in [5.74, 6) is -0.0455. The number of aliphatic carboxylic acids is 2. The number of likely N-dealkylation sites (N-methyl/N-ethyl adjacent to an activating group) is 2. The zero-order valence-electron chi connectivity index (χ0n) is 25.6. The first-order valence-electron chi connectivity index (χ1n) is 14.3. The molecule has 0 saturated carbocycles. The Morgan fingerprint density at radius 3 is 2.47 bits per heavy atom. The van der Waals surface area contributed by atoms with Gasteiger partial charge in [0.2, 0.25) is 12.7 Å². The minimum absolute atomic E-state index is 0.0746. The second-order valence-corrected chi connectivity index (χ2v) is 11.4. The van der Waals surface area contributed by atoms with Crippen LogP contribution in [0.25, 0.3) is 0 Å². The Bertz CT molecular complexity index is 1630. The summed E-state index contributed by atoms with van der Waals surface area (Å²) in [7, 11) is 3.72. The highest BCUT2D eigenvalue weighted by atomic mass is 32.2. The first-order chi connectivity index (χ1) is 22.5. The van der Waals surface area contributed by atoms with Gasteiger partial charge < -0.3 is 39.0 Å². The number of nitro groups is 1. The minimum atomic E-state index is -1.26. The lowest BCUT2D eigenvalue weighted by atomic mass is 10.1. The number of carbonyl (C=O) groups excluding carboxylic acids is 1. The normalized spacial score (nSPS) is 14.7. The number of fused-ring (bicyclic) bond motifs is 2. The van der Waals surface area contributed by atoms with E-state index in [-0.39, 0.29) is 18.4 Å². The molecule has 5 rings (SSSR count). The van der Waals surface area contributed by atoms with Crippen LogP contribution in [0.15, 0.2) is 77.7 Å². The Morgan fingerprint density at radius 2 is 1.74 bits per heavy atom. The fraction of sp³-hybridized carbons (Fsp3) is 0.281. The number of carbonyl (C=O) groups is 3. The largest absolute Gasteiger partial charge is 0.493 e. The Labute approximate surface area is 274 Å². The maximum Gasteiger partial charge on any atom is 0.328 e. The van der Waals surface area contributed by atoms with Crippen molar-refractivity contribution in [1.29, 1.82) is 0 Å². The lowest BCUT2D eigenvalue weighted by Crippen LogP contribution is -2.34. The van der Waals surface area contributed by atoms with E-state index in [9.17, 15) is 24.5 Å². The van der Waals surface area contributed by atoms with Crippen molar-refractivity contribution in [3.05, 3.63) is 88.5 Å². The van der Waals surface area contributed by atoms with Gasteiger partial charge in [-0.2, -0.15) is 0 Å². The number of non-ortho nitro benzene ring substituents is 1. The number of benzene rings is 3. The number of carboxylic acid groups (broad SMARTS) is 2. The van der Waals surface area contributed by atoms with Crippen molar-refractivity contribution in [2.75, 3.05) is 52.1 Å². The van der Waals surface area contributed by atoms with E-state index in [1.165, 1.54) is 23.9 Å². The Kier molecular flexibility index (Phi) is 12.0. The highest BCUT2D eigenvalue weighted by Gasteiger charge is 2.35. The van der Waals surface area contributed by atoms with Crippen LogP contribution in [-0.4, -0.2) is 85.1 Å². The fourth-order valence-electron chi connectivity index (χ4n) is 4.55. The van der Waals surface area contributed by atoms with E-state index in [2.05, 4.69) is 4.90 Å². The number of amides is 1. The highest BCUT2D eigenvalue weighted by molar-refractivity contribution is 8.00. The predicted octanol–water partition coefficient (Wildman–Crippen LogP) is 4.62. The lowest BCUT2D eigenvalue weighted by Gasteiger charge is -2.31. The smallest absolute Gasteiger partial charge is 0.328 e. The van der Waals surface area contributed by atoms with Gasteiger partial charge in [0.05, 0.1) is 17.2 Å². The summed E-state index contributed by atoms with van der Waals surface area (Å²) in [4.78, 5) is 48.1. The molecule has 15 heteroatoms. The molecule has 2 heterocycles. The van der Waals surface area contributed by atoms with Gasteiger partial charge in [0.15, 0.2) is 11.5 Å². The molecule has 47 heavy (non-hydrogen) atoms. The standard InChI is InChI=1S/C28H29N3O7S.C4H4O4/c1-29(13-15-35-20-9-11-24-25(17-20)38-18-37-24)12-5-14-36-23-10-8-19(31(33)34)16-21(23)27-28(32)30(2)22-6-3-4-7-26(22)39-27;5-3(6)1-2-4(7)8/h3-4,6-11,16-17,27H,5,12-15,18H2,1-2H3;1-2H,(H,5,6)(H,7,8)/b;2-1+. The molecule has 248 valence electrons.